The quantitative estimate of drug-likeness (QED) is 0.607. The van der Waals surface area contributed by atoms with Crippen LogP contribution in [0, 0.1) is 5.92 Å². The molecule has 2 aliphatic rings. The van der Waals surface area contributed by atoms with Crippen molar-refractivity contribution in [1.82, 2.24) is 4.90 Å². The number of amides is 1. The van der Waals surface area contributed by atoms with E-state index >= 15 is 0 Å². The fourth-order valence-corrected chi connectivity index (χ4v) is 2.62. The molecule has 0 spiro atoms. The van der Waals surface area contributed by atoms with Crippen LogP contribution < -0.4 is 0 Å². The first-order valence-electron chi connectivity index (χ1n) is 5.59. The van der Waals surface area contributed by atoms with E-state index in [-0.39, 0.29) is 17.8 Å². The third kappa shape index (κ3) is 1.98. The molecule has 4 heteroatoms. The average Bonchev–Trinajstić information content (AvgIpc) is 2.28. The first-order chi connectivity index (χ1) is 7.22. The second-order valence-corrected chi connectivity index (χ2v) is 4.39. The van der Waals surface area contributed by atoms with Crippen molar-refractivity contribution >= 4 is 11.9 Å². The van der Waals surface area contributed by atoms with Crippen LogP contribution in [0.15, 0.2) is 0 Å². The van der Waals surface area contributed by atoms with Gasteiger partial charge in [-0.15, -0.1) is 0 Å². The van der Waals surface area contributed by atoms with Gasteiger partial charge in [0.15, 0.2) is 0 Å². The second kappa shape index (κ2) is 4.21. The summed E-state index contributed by atoms with van der Waals surface area (Å²) < 4.78 is 4.73. The number of hydrogen-bond donors (Lipinski definition) is 0. The lowest BCUT2D eigenvalue weighted by molar-refractivity contribution is -0.151. The maximum Gasteiger partial charge on any atom is 0.310 e. The molecule has 2 unspecified atom stereocenters. The Hall–Kier alpha value is -1.06. The monoisotopic (exact) mass is 211 g/mol. The van der Waals surface area contributed by atoms with E-state index in [4.69, 9.17) is 4.74 Å². The van der Waals surface area contributed by atoms with Crippen LogP contribution in [-0.4, -0.2) is 36.5 Å². The molecule has 2 heterocycles. The molecule has 84 valence electrons. The Morgan fingerprint density at radius 3 is 2.93 bits per heavy atom. The van der Waals surface area contributed by atoms with Crippen molar-refractivity contribution in [2.24, 2.45) is 5.92 Å². The van der Waals surface area contributed by atoms with Crippen molar-refractivity contribution < 1.29 is 14.3 Å². The van der Waals surface area contributed by atoms with Gasteiger partial charge in [-0.3, -0.25) is 9.59 Å². The number of rotatable bonds is 1. The molecular formula is C11H17NO3. The summed E-state index contributed by atoms with van der Waals surface area (Å²) in [6, 6.07) is 0.382. The number of ether oxygens (including phenoxy) is 1. The molecule has 1 amide bonds. The topological polar surface area (TPSA) is 46.6 Å². The Kier molecular flexibility index (Phi) is 2.93. The molecule has 0 radical (unpaired) electrons. The van der Waals surface area contributed by atoms with E-state index in [1.54, 1.807) is 0 Å². The van der Waals surface area contributed by atoms with E-state index in [0.29, 0.717) is 19.0 Å². The normalized spacial score (nSPS) is 31.0. The van der Waals surface area contributed by atoms with Gasteiger partial charge in [-0.05, 0) is 25.7 Å². The molecule has 4 nitrogen and oxygen atoms in total. The molecule has 2 saturated heterocycles. The van der Waals surface area contributed by atoms with Crippen molar-refractivity contribution in [3.05, 3.63) is 0 Å². The molecule has 0 aliphatic carbocycles. The summed E-state index contributed by atoms with van der Waals surface area (Å²) >= 11 is 0. The smallest absolute Gasteiger partial charge is 0.310 e. The number of fused-ring (bicyclic) bond motifs is 1. The highest BCUT2D eigenvalue weighted by Gasteiger charge is 2.36. The third-order valence-electron chi connectivity index (χ3n) is 3.49. The number of methoxy groups -OCH3 is 1. The van der Waals surface area contributed by atoms with E-state index in [9.17, 15) is 9.59 Å². The first-order valence-corrected chi connectivity index (χ1v) is 5.59. The minimum atomic E-state index is -0.174. The first kappa shape index (κ1) is 10.5. The van der Waals surface area contributed by atoms with Gasteiger partial charge in [-0.2, -0.15) is 0 Å². The van der Waals surface area contributed by atoms with E-state index in [2.05, 4.69) is 0 Å². The van der Waals surface area contributed by atoms with Crippen LogP contribution in [-0.2, 0) is 14.3 Å². The van der Waals surface area contributed by atoms with E-state index in [1.807, 2.05) is 4.90 Å². The van der Waals surface area contributed by atoms with Crippen molar-refractivity contribution in [3.8, 4) is 0 Å². The fraction of sp³-hybridized carbons (Fsp3) is 0.818. The van der Waals surface area contributed by atoms with Crippen LogP contribution in [0.5, 0.6) is 0 Å². The van der Waals surface area contributed by atoms with Gasteiger partial charge in [0, 0.05) is 19.0 Å². The summed E-state index contributed by atoms with van der Waals surface area (Å²) in [6.07, 6.45) is 4.56. The largest absolute Gasteiger partial charge is 0.469 e. The molecular weight excluding hydrogens is 194 g/mol. The van der Waals surface area contributed by atoms with Crippen molar-refractivity contribution in [3.63, 3.8) is 0 Å². The highest BCUT2D eigenvalue weighted by molar-refractivity contribution is 5.79. The SMILES string of the molecule is COC(=O)C1CCC2CCCC(=O)N2C1. The number of piperidine rings is 2. The van der Waals surface area contributed by atoms with Gasteiger partial charge in [0.25, 0.3) is 0 Å². The maximum absolute atomic E-state index is 11.7. The zero-order valence-electron chi connectivity index (χ0n) is 9.07. The highest BCUT2D eigenvalue weighted by atomic mass is 16.5. The van der Waals surface area contributed by atoms with E-state index < -0.39 is 0 Å². The van der Waals surface area contributed by atoms with E-state index in [0.717, 1.165) is 25.7 Å². The van der Waals surface area contributed by atoms with Crippen LogP contribution in [0.25, 0.3) is 0 Å². The second-order valence-electron chi connectivity index (χ2n) is 4.39. The van der Waals surface area contributed by atoms with Crippen molar-refractivity contribution in [1.29, 1.82) is 0 Å². The number of carbonyl (C=O) groups excluding carboxylic acids is 2. The Morgan fingerprint density at radius 2 is 2.20 bits per heavy atom. The Morgan fingerprint density at radius 1 is 1.40 bits per heavy atom. The lowest BCUT2D eigenvalue weighted by Gasteiger charge is -2.41. The van der Waals surface area contributed by atoms with E-state index in [1.165, 1.54) is 7.11 Å². The Labute approximate surface area is 89.6 Å². The summed E-state index contributed by atoms with van der Waals surface area (Å²) in [5.74, 6) is -0.0695. The predicted molar refractivity (Wildman–Crippen MR) is 54.1 cm³/mol. The van der Waals surface area contributed by atoms with Gasteiger partial charge in [-0.25, -0.2) is 0 Å². The lowest BCUT2D eigenvalue weighted by atomic mass is 9.87. The molecule has 0 aromatic carbocycles. The molecule has 0 aromatic rings. The van der Waals surface area contributed by atoms with Gasteiger partial charge in [-0.1, -0.05) is 0 Å². The minimum absolute atomic E-state index is 0.103. The number of carbonyl (C=O) groups is 2. The summed E-state index contributed by atoms with van der Waals surface area (Å²) in [6.45, 7) is 0.566. The van der Waals surface area contributed by atoms with Gasteiger partial charge in [0.1, 0.15) is 0 Å². The van der Waals surface area contributed by atoms with Crippen molar-refractivity contribution in [2.75, 3.05) is 13.7 Å². The number of hydrogen-bond acceptors (Lipinski definition) is 3. The third-order valence-corrected chi connectivity index (χ3v) is 3.49. The maximum atomic E-state index is 11.7. The molecule has 2 fully saturated rings. The van der Waals surface area contributed by atoms with Gasteiger partial charge >= 0.3 is 5.97 Å². The lowest BCUT2D eigenvalue weighted by Crippen LogP contribution is -2.50. The molecule has 0 bridgehead atoms. The van der Waals surface area contributed by atoms with Gasteiger partial charge in [0.2, 0.25) is 5.91 Å². The highest BCUT2D eigenvalue weighted by Crippen LogP contribution is 2.29. The summed E-state index contributed by atoms with van der Waals surface area (Å²) in [4.78, 5) is 24.9. The molecule has 0 N–H and O–H groups in total. The Balaban J connectivity index is 2.02. The predicted octanol–water partition coefficient (Wildman–Crippen LogP) is 0.950. The number of nitrogens with zero attached hydrogens (tertiary/aromatic N) is 1. The molecule has 2 aliphatic heterocycles. The molecule has 2 atom stereocenters. The van der Waals surface area contributed by atoms with Crippen LogP contribution in [0.2, 0.25) is 0 Å². The molecule has 0 aromatic heterocycles. The summed E-state index contributed by atoms with van der Waals surface area (Å²) in [5, 5.41) is 0. The van der Waals surface area contributed by atoms with Crippen LogP contribution in [0.3, 0.4) is 0 Å². The van der Waals surface area contributed by atoms with Crippen LogP contribution >= 0.6 is 0 Å². The minimum Gasteiger partial charge on any atom is -0.469 e. The van der Waals surface area contributed by atoms with Crippen molar-refractivity contribution in [2.45, 2.75) is 38.1 Å². The summed E-state index contributed by atoms with van der Waals surface area (Å²) in [5.41, 5.74) is 0. The molecule has 0 saturated carbocycles. The Bertz CT molecular complexity index is 277. The zero-order chi connectivity index (χ0) is 10.8. The zero-order valence-corrected chi connectivity index (χ0v) is 9.07. The fourth-order valence-electron chi connectivity index (χ4n) is 2.62. The van der Waals surface area contributed by atoms with Gasteiger partial charge in [0.05, 0.1) is 13.0 Å². The van der Waals surface area contributed by atoms with Crippen LogP contribution in [0.1, 0.15) is 32.1 Å². The number of esters is 1. The summed E-state index contributed by atoms with van der Waals surface area (Å²) in [7, 11) is 1.41. The average molecular weight is 211 g/mol. The molecule has 15 heavy (non-hydrogen) atoms. The van der Waals surface area contributed by atoms with Crippen LogP contribution in [0.4, 0.5) is 0 Å². The standard InChI is InChI=1S/C11H17NO3/c1-15-11(14)8-5-6-9-3-2-4-10(13)12(9)7-8/h8-9H,2-7H2,1H3. The molecule has 2 rings (SSSR count). The van der Waals surface area contributed by atoms with Gasteiger partial charge < -0.3 is 9.64 Å².